The number of anilines is 2. The molecule has 5 nitrogen and oxygen atoms in total. The van der Waals surface area contributed by atoms with Crippen molar-refractivity contribution in [3.63, 3.8) is 0 Å². The van der Waals surface area contributed by atoms with Gasteiger partial charge < -0.3 is 10.6 Å². The summed E-state index contributed by atoms with van der Waals surface area (Å²) >= 11 is 0. The highest BCUT2D eigenvalue weighted by atomic mass is 16.2. The fourth-order valence-electron chi connectivity index (χ4n) is 2.80. The second-order valence-corrected chi connectivity index (χ2v) is 5.26. The molecule has 1 amide bonds. The molecule has 108 valence electrons. The lowest BCUT2D eigenvalue weighted by atomic mass is 10.1. The molecule has 3 rings (SSSR count). The van der Waals surface area contributed by atoms with Gasteiger partial charge in [-0.25, -0.2) is 0 Å². The molecule has 2 aromatic rings. The molecule has 1 aliphatic heterocycles. The number of nitrogen functional groups attached to an aromatic ring is 1. The average Bonchev–Trinajstić information content (AvgIpc) is 2.92. The van der Waals surface area contributed by atoms with E-state index in [2.05, 4.69) is 10.2 Å². The number of carbonyl (C=O) groups excluding carboxylic acids is 1. The van der Waals surface area contributed by atoms with Crippen molar-refractivity contribution in [2.75, 3.05) is 17.2 Å². The maximum Gasteiger partial charge on any atom is 0.260 e. The van der Waals surface area contributed by atoms with Crippen LogP contribution in [0.3, 0.4) is 0 Å². The van der Waals surface area contributed by atoms with Crippen molar-refractivity contribution in [1.82, 2.24) is 10.2 Å². The summed E-state index contributed by atoms with van der Waals surface area (Å²) in [5.41, 5.74) is 10.8. The molecular formula is C16H18N4O. The van der Waals surface area contributed by atoms with E-state index in [9.17, 15) is 4.79 Å². The Hall–Kier alpha value is -2.43. The molecular weight excluding hydrogens is 264 g/mol. The SMILES string of the molecule is CCc1nnc(C)cc1C(=O)N1CCc2cccc(N)c21. The molecule has 0 unspecified atom stereocenters. The van der Waals surface area contributed by atoms with Crippen molar-refractivity contribution in [3.8, 4) is 0 Å². The summed E-state index contributed by atoms with van der Waals surface area (Å²) in [4.78, 5) is 14.7. The normalized spacial score (nSPS) is 13.3. The number of benzene rings is 1. The van der Waals surface area contributed by atoms with Crippen LogP contribution in [-0.2, 0) is 12.8 Å². The van der Waals surface area contributed by atoms with E-state index >= 15 is 0 Å². The van der Waals surface area contributed by atoms with Crippen LogP contribution in [0.25, 0.3) is 0 Å². The summed E-state index contributed by atoms with van der Waals surface area (Å²) in [5, 5.41) is 8.17. The Morgan fingerprint density at radius 2 is 2.19 bits per heavy atom. The molecule has 0 atom stereocenters. The lowest BCUT2D eigenvalue weighted by molar-refractivity contribution is 0.0988. The summed E-state index contributed by atoms with van der Waals surface area (Å²) in [5.74, 6) is -0.0403. The first-order valence-electron chi connectivity index (χ1n) is 7.14. The van der Waals surface area contributed by atoms with Crippen molar-refractivity contribution in [2.24, 2.45) is 0 Å². The summed E-state index contributed by atoms with van der Waals surface area (Å²) in [6, 6.07) is 7.60. The van der Waals surface area contributed by atoms with Gasteiger partial charge in [0.1, 0.15) is 0 Å². The van der Waals surface area contributed by atoms with Crippen molar-refractivity contribution in [3.05, 3.63) is 46.8 Å². The molecule has 1 aromatic carbocycles. The van der Waals surface area contributed by atoms with Crippen LogP contribution < -0.4 is 10.6 Å². The van der Waals surface area contributed by atoms with E-state index in [1.165, 1.54) is 0 Å². The van der Waals surface area contributed by atoms with Gasteiger partial charge in [0.25, 0.3) is 5.91 Å². The second kappa shape index (κ2) is 5.16. The van der Waals surface area contributed by atoms with Gasteiger partial charge in [-0.05, 0) is 37.5 Å². The Labute approximate surface area is 123 Å². The molecule has 2 heterocycles. The number of aryl methyl sites for hydroxylation is 2. The number of aromatic nitrogens is 2. The smallest absolute Gasteiger partial charge is 0.260 e. The van der Waals surface area contributed by atoms with E-state index < -0.39 is 0 Å². The highest BCUT2D eigenvalue weighted by Gasteiger charge is 2.29. The van der Waals surface area contributed by atoms with Crippen LogP contribution in [0.2, 0.25) is 0 Å². The summed E-state index contributed by atoms with van der Waals surface area (Å²) in [7, 11) is 0. The molecule has 5 heteroatoms. The quantitative estimate of drug-likeness (QED) is 0.856. The van der Waals surface area contributed by atoms with Crippen LogP contribution in [0.4, 0.5) is 11.4 Å². The molecule has 1 aliphatic rings. The molecule has 0 radical (unpaired) electrons. The number of amides is 1. The van der Waals surface area contributed by atoms with Crippen LogP contribution in [0.1, 0.15) is 34.2 Å². The minimum Gasteiger partial charge on any atom is -0.397 e. The number of fused-ring (bicyclic) bond motifs is 1. The summed E-state index contributed by atoms with van der Waals surface area (Å²) < 4.78 is 0. The van der Waals surface area contributed by atoms with E-state index in [1.54, 1.807) is 4.90 Å². The largest absolute Gasteiger partial charge is 0.397 e. The van der Waals surface area contributed by atoms with Gasteiger partial charge in [0, 0.05) is 6.54 Å². The predicted octanol–water partition coefficient (Wildman–Crippen LogP) is 2.13. The Balaban J connectivity index is 2.04. The fourth-order valence-corrected chi connectivity index (χ4v) is 2.80. The van der Waals surface area contributed by atoms with E-state index in [1.807, 2.05) is 38.1 Å². The van der Waals surface area contributed by atoms with Gasteiger partial charge in [-0.2, -0.15) is 10.2 Å². The number of hydrogen-bond acceptors (Lipinski definition) is 4. The van der Waals surface area contributed by atoms with Crippen molar-refractivity contribution in [1.29, 1.82) is 0 Å². The minimum absolute atomic E-state index is 0.0403. The van der Waals surface area contributed by atoms with Crippen LogP contribution in [0.15, 0.2) is 24.3 Å². The number of para-hydroxylation sites is 1. The van der Waals surface area contributed by atoms with Gasteiger partial charge in [-0.1, -0.05) is 19.1 Å². The fraction of sp³-hybridized carbons (Fsp3) is 0.312. The zero-order valence-electron chi connectivity index (χ0n) is 12.3. The number of hydrogen-bond donors (Lipinski definition) is 1. The third-order valence-corrected chi connectivity index (χ3v) is 3.83. The van der Waals surface area contributed by atoms with E-state index in [0.29, 0.717) is 24.2 Å². The maximum atomic E-state index is 12.9. The second-order valence-electron chi connectivity index (χ2n) is 5.26. The third-order valence-electron chi connectivity index (χ3n) is 3.83. The standard InChI is InChI=1S/C16H18N4O/c1-3-14-12(9-10(2)18-19-14)16(21)20-8-7-11-5-4-6-13(17)15(11)20/h4-6,9H,3,7-8,17H2,1-2H3. The Bertz CT molecular complexity index is 711. The first kappa shape index (κ1) is 13.5. The number of rotatable bonds is 2. The molecule has 0 saturated heterocycles. The predicted molar refractivity (Wildman–Crippen MR) is 82.4 cm³/mol. The number of nitrogens with zero attached hydrogens (tertiary/aromatic N) is 3. The molecule has 1 aromatic heterocycles. The lowest BCUT2D eigenvalue weighted by Gasteiger charge is -2.20. The molecule has 0 aliphatic carbocycles. The van der Waals surface area contributed by atoms with E-state index in [4.69, 9.17) is 5.73 Å². The van der Waals surface area contributed by atoms with Crippen LogP contribution in [0, 0.1) is 6.92 Å². The number of nitrogens with two attached hydrogens (primary N) is 1. The van der Waals surface area contributed by atoms with E-state index in [-0.39, 0.29) is 5.91 Å². The van der Waals surface area contributed by atoms with Crippen molar-refractivity contribution >= 4 is 17.3 Å². The van der Waals surface area contributed by atoms with Gasteiger partial charge >= 0.3 is 0 Å². The zero-order valence-corrected chi connectivity index (χ0v) is 12.3. The van der Waals surface area contributed by atoms with Gasteiger partial charge in [0.15, 0.2) is 0 Å². The Kier molecular flexibility index (Phi) is 3.33. The van der Waals surface area contributed by atoms with Gasteiger partial charge in [0.2, 0.25) is 0 Å². The first-order valence-corrected chi connectivity index (χ1v) is 7.14. The van der Waals surface area contributed by atoms with Crippen LogP contribution in [0.5, 0.6) is 0 Å². The van der Waals surface area contributed by atoms with Crippen molar-refractivity contribution in [2.45, 2.75) is 26.7 Å². The molecule has 0 spiro atoms. The molecule has 0 fully saturated rings. The highest BCUT2D eigenvalue weighted by Crippen LogP contribution is 2.34. The zero-order chi connectivity index (χ0) is 15.0. The Morgan fingerprint density at radius 1 is 1.38 bits per heavy atom. The van der Waals surface area contributed by atoms with Gasteiger partial charge in [0.05, 0.1) is 28.3 Å². The van der Waals surface area contributed by atoms with E-state index in [0.717, 1.165) is 29.1 Å². The lowest BCUT2D eigenvalue weighted by Crippen LogP contribution is -2.30. The van der Waals surface area contributed by atoms with Gasteiger partial charge in [-0.3, -0.25) is 4.79 Å². The molecule has 0 saturated carbocycles. The monoisotopic (exact) mass is 282 g/mol. The average molecular weight is 282 g/mol. The maximum absolute atomic E-state index is 12.9. The third kappa shape index (κ3) is 2.24. The van der Waals surface area contributed by atoms with Crippen LogP contribution >= 0.6 is 0 Å². The first-order chi connectivity index (χ1) is 10.1. The van der Waals surface area contributed by atoms with Gasteiger partial charge in [-0.15, -0.1) is 0 Å². The topological polar surface area (TPSA) is 72.1 Å². The Morgan fingerprint density at radius 3 is 2.95 bits per heavy atom. The molecule has 2 N–H and O–H groups in total. The van der Waals surface area contributed by atoms with Crippen molar-refractivity contribution < 1.29 is 4.79 Å². The van der Waals surface area contributed by atoms with Crippen LogP contribution in [-0.4, -0.2) is 22.6 Å². The highest BCUT2D eigenvalue weighted by molar-refractivity contribution is 6.09. The minimum atomic E-state index is -0.0403. The molecule has 0 bridgehead atoms. The number of carbonyl (C=O) groups is 1. The summed E-state index contributed by atoms with van der Waals surface area (Å²) in [6.45, 7) is 4.48. The molecule has 21 heavy (non-hydrogen) atoms. The summed E-state index contributed by atoms with van der Waals surface area (Å²) in [6.07, 6.45) is 1.52.